The van der Waals surface area contributed by atoms with Crippen molar-refractivity contribution in [2.75, 3.05) is 33.8 Å². The number of benzene rings is 2. The van der Waals surface area contributed by atoms with E-state index in [4.69, 9.17) is 4.74 Å². The molecule has 0 radical (unpaired) electrons. The van der Waals surface area contributed by atoms with Crippen molar-refractivity contribution in [2.24, 2.45) is 5.41 Å². The average Bonchev–Trinajstić information content (AvgIpc) is 3.21. The third-order valence-electron chi connectivity index (χ3n) is 6.72. The van der Waals surface area contributed by atoms with Crippen molar-refractivity contribution >= 4 is 17.6 Å². The van der Waals surface area contributed by atoms with Gasteiger partial charge in [0.1, 0.15) is 12.6 Å². The van der Waals surface area contributed by atoms with Crippen LogP contribution in [0.2, 0.25) is 0 Å². The second-order valence-corrected chi connectivity index (χ2v) is 10.6. The van der Waals surface area contributed by atoms with E-state index in [0.717, 1.165) is 12.1 Å². The van der Waals surface area contributed by atoms with Crippen molar-refractivity contribution in [1.82, 2.24) is 15.5 Å². The molecule has 0 bridgehead atoms. The number of hydrogen-bond donors (Lipinski definition) is 2. The Morgan fingerprint density at radius 3 is 2.33 bits per heavy atom. The van der Waals surface area contributed by atoms with Gasteiger partial charge in [-0.05, 0) is 56.5 Å². The predicted octanol–water partition coefficient (Wildman–Crippen LogP) is 3.41. The number of ether oxygens (including phenoxy) is 1. The van der Waals surface area contributed by atoms with Crippen LogP contribution in [0.5, 0.6) is 0 Å². The lowest BCUT2D eigenvalue weighted by molar-refractivity contribution is -0.127. The quantitative estimate of drug-likeness (QED) is 0.473. The Labute approximate surface area is 214 Å². The van der Waals surface area contributed by atoms with Gasteiger partial charge in [-0.2, -0.15) is 0 Å². The normalized spacial score (nSPS) is 18.8. The van der Waals surface area contributed by atoms with Gasteiger partial charge in [0.15, 0.2) is 5.78 Å². The van der Waals surface area contributed by atoms with Gasteiger partial charge in [-0.15, -0.1) is 0 Å². The lowest BCUT2D eigenvalue weighted by Crippen LogP contribution is -2.47. The highest BCUT2D eigenvalue weighted by Crippen LogP contribution is 2.35. The molecule has 2 amide bonds. The van der Waals surface area contributed by atoms with Crippen LogP contribution < -0.4 is 10.6 Å². The Kier molecular flexibility index (Phi) is 9.79. The molecule has 7 nitrogen and oxygen atoms in total. The Balaban J connectivity index is 1.66. The number of amides is 2. The summed E-state index contributed by atoms with van der Waals surface area (Å²) in [5.41, 5.74) is 1.30. The minimum Gasteiger partial charge on any atom is -0.368 e. The van der Waals surface area contributed by atoms with Crippen LogP contribution in [0.25, 0.3) is 0 Å². The first-order valence-corrected chi connectivity index (χ1v) is 12.6. The maximum Gasteiger partial charge on any atom is 0.251 e. The molecule has 2 aromatic carbocycles. The molecule has 36 heavy (non-hydrogen) atoms. The molecule has 1 heterocycles. The standard InChI is InChI=1S/C29H39N3O4/c1-29(2,16-17-30-27(34)22-13-9-6-10-14-22)19-23(21-11-7-5-8-12-21)28(35)31-26-24(33)20-36-25(26)15-18-32(3)4/h5-14,23,25-26H,15-20H2,1-4H3,(H,30,34)(H,31,35). The molecule has 2 aromatic rings. The molecule has 0 aliphatic carbocycles. The van der Waals surface area contributed by atoms with Gasteiger partial charge in [-0.25, -0.2) is 0 Å². The monoisotopic (exact) mass is 493 g/mol. The first kappa shape index (κ1) is 27.6. The smallest absolute Gasteiger partial charge is 0.251 e. The molecular weight excluding hydrogens is 454 g/mol. The van der Waals surface area contributed by atoms with Gasteiger partial charge < -0.3 is 20.3 Å². The van der Waals surface area contributed by atoms with E-state index in [1.165, 1.54) is 0 Å². The first-order chi connectivity index (χ1) is 17.2. The van der Waals surface area contributed by atoms with E-state index < -0.39 is 12.0 Å². The molecule has 1 aliphatic rings. The van der Waals surface area contributed by atoms with E-state index in [2.05, 4.69) is 24.5 Å². The van der Waals surface area contributed by atoms with Crippen LogP contribution in [0.15, 0.2) is 60.7 Å². The largest absolute Gasteiger partial charge is 0.368 e. The van der Waals surface area contributed by atoms with Crippen LogP contribution >= 0.6 is 0 Å². The minimum absolute atomic E-state index is 0.0334. The molecular formula is C29H39N3O4. The van der Waals surface area contributed by atoms with Gasteiger partial charge in [-0.1, -0.05) is 62.4 Å². The van der Waals surface area contributed by atoms with E-state index in [1.807, 2.05) is 67.5 Å². The van der Waals surface area contributed by atoms with E-state index >= 15 is 0 Å². The molecule has 194 valence electrons. The molecule has 3 unspecified atom stereocenters. The van der Waals surface area contributed by atoms with Gasteiger partial charge in [0, 0.05) is 18.7 Å². The fourth-order valence-electron chi connectivity index (χ4n) is 4.55. The fourth-order valence-corrected chi connectivity index (χ4v) is 4.55. The lowest BCUT2D eigenvalue weighted by atomic mass is 9.77. The highest BCUT2D eigenvalue weighted by atomic mass is 16.5. The Morgan fingerprint density at radius 1 is 1.06 bits per heavy atom. The topological polar surface area (TPSA) is 87.7 Å². The average molecular weight is 494 g/mol. The van der Waals surface area contributed by atoms with Crippen molar-refractivity contribution < 1.29 is 19.1 Å². The lowest BCUT2D eigenvalue weighted by Gasteiger charge is -2.31. The molecule has 0 spiro atoms. The summed E-state index contributed by atoms with van der Waals surface area (Å²) in [6, 6.07) is 18.2. The maximum atomic E-state index is 13.6. The number of ketones is 1. The number of rotatable bonds is 12. The molecule has 7 heteroatoms. The van der Waals surface area contributed by atoms with Gasteiger partial charge >= 0.3 is 0 Å². The first-order valence-electron chi connectivity index (χ1n) is 12.6. The van der Waals surface area contributed by atoms with Crippen LogP contribution in [-0.2, 0) is 14.3 Å². The second-order valence-electron chi connectivity index (χ2n) is 10.6. The van der Waals surface area contributed by atoms with Gasteiger partial charge in [-0.3, -0.25) is 14.4 Å². The summed E-state index contributed by atoms with van der Waals surface area (Å²) in [4.78, 5) is 40.6. The van der Waals surface area contributed by atoms with Crippen molar-refractivity contribution in [1.29, 1.82) is 0 Å². The number of nitrogens with zero attached hydrogens (tertiary/aromatic N) is 1. The number of Topliss-reactive ketones (excluding diaryl/α,β-unsaturated/α-hetero) is 1. The van der Waals surface area contributed by atoms with E-state index in [-0.39, 0.29) is 35.7 Å². The summed E-state index contributed by atoms with van der Waals surface area (Å²) in [7, 11) is 3.94. The van der Waals surface area contributed by atoms with Crippen molar-refractivity contribution in [3.05, 3.63) is 71.8 Å². The molecule has 1 fully saturated rings. The summed E-state index contributed by atoms with van der Waals surface area (Å²) in [5.74, 6) is -0.774. The van der Waals surface area contributed by atoms with Crippen molar-refractivity contribution in [3.8, 4) is 0 Å². The van der Waals surface area contributed by atoms with E-state index in [9.17, 15) is 14.4 Å². The Morgan fingerprint density at radius 2 is 1.69 bits per heavy atom. The Bertz CT molecular complexity index is 1010. The van der Waals surface area contributed by atoms with Crippen LogP contribution in [0.1, 0.15) is 54.9 Å². The van der Waals surface area contributed by atoms with E-state index in [1.54, 1.807) is 12.1 Å². The third kappa shape index (κ3) is 8.00. The molecule has 1 saturated heterocycles. The number of nitrogens with one attached hydrogen (secondary N) is 2. The van der Waals surface area contributed by atoms with Crippen molar-refractivity contribution in [2.45, 2.75) is 51.2 Å². The van der Waals surface area contributed by atoms with Gasteiger partial charge in [0.05, 0.1) is 12.0 Å². The SMILES string of the molecule is CN(C)CCC1OCC(=O)C1NC(=O)C(CC(C)(C)CCNC(=O)c1ccccc1)c1ccccc1. The molecule has 2 N–H and O–H groups in total. The summed E-state index contributed by atoms with van der Waals surface area (Å²) in [5, 5.41) is 6.00. The number of hydrogen-bond acceptors (Lipinski definition) is 5. The summed E-state index contributed by atoms with van der Waals surface area (Å²) in [6.07, 6.45) is 1.64. The maximum absolute atomic E-state index is 13.6. The van der Waals surface area contributed by atoms with Gasteiger partial charge in [0.2, 0.25) is 5.91 Å². The second kappa shape index (κ2) is 12.8. The van der Waals surface area contributed by atoms with Crippen LogP contribution in [0, 0.1) is 5.41 Å². The zero-order valence-electron chi connectivity index (χ0n) is 21.8. The van der Waals surface area contributed by atoms with Gasteiger partial charge in [0.25, 0.3) is 5.91 Å². The van der Waals surface area contributed by atoms with Crippen LogP contribution in [0.4, 0.5) is 0 Å². The molecule has 0 saturated carbocycles. The van der Waals surface area contributed by atoms with Crippen LogP contribution in [0.3, 0.4) is 0 Å². The third-order valence-corrected chi connectivity index (χ3v) is 6.72. The molecule has 3 atom stereocenters. The summed E-state index contributed by atoms with van der Waals surface area (Å²) in [6.45, 7) is 5.52. The Hall–Kier alpha value is -3.03. The fraction of sp³-hybridized carbons (Fsp3) is 0.483. The summed E-state index contributed by atoms with van der Waals surface area (Å²) < 4.78 is 5.70. The zero-order valence-corrected chi connectivity index (χ0v) is 21.8. The summed E-state index contributed by atoms with van der Waals surface area (Å²) >= 11 is 0. The molecule has 0 aromatic heterocycles. The number of carbonyl (C=O) groups is 3. The highest BCUT2D eigenvalue weighted by molar-refractivity contribution is 5.94. The van der Waals surface area contributed by atoms with Crippen LogP contribution in [-0.4, -0.2) is 68.4 Å². The molecule has 1 aliphatic heterocycles. The predicted molar refractivity (Wildman–Crippen MR) is 141 cm³/mol. The van der Waals surface area contributed by atoms with Crippen molar-refractivity contribution in [3.63, 3.8) is 0 Å². The zero-order chi connectivity index (χ0) is 26.1. The highest BCUT2D eigenvalue weighted by Gasteiger charge is 2.39. The number of carbonyl (C=O) groups excluding carboxylic acids is 3. The molecule has 3 rings (SSSR count). The minimum atomic E-state index is -0.628. The van der Waals surface area contributed by atoms with E-state index in [0.29, 0.717) is 31.4 Å².